The number of aliphatic hydroxyl groups is 1. The Labute approximate surface area is 281 Å². The van der Waals surface area contributed by atoms with Crippen molar-refractivity contribution < 1.29 is 42.5 Å². The number of benzene rings is 3. The minimum absolute atomic E-state index is 0.0356. The zero-order valence-electron chi connectivity index (χ0n) is 26.8. The number of sulfonamides is 1. The summed E-state index contributed by atoms with van der Waals surface area (Å²) in [6, 6.07) is 22.8. The number of fused-ring (bicyclic) bond motifs is 1. The van der Waals surface area contributed by atoms with Crippen molar-refractivity contribution in [2.24, 2.45) is 11.8 Å². The third-order valence-electron chi connectivity index (χ3n) is 9.55. The summed E-state index contributed by atoms with van der Waals surface area (Å²) >= 11 is 0. The van der Waals surface area contributed by atoms with Gasteiger partial charge in [0.15, 0.2) is 6.29 Å². The molecule has 258 valence electrons. The zero-order chi connectivity index (χ0) is 33.5. The molecule has 1 aliphatic carbocycles. The topological polar surface area (TPSA) is 144 Å². The Morgan fingerprint density at radius 3 is 2.23 bits per heavy atom. The van der Waals surface area contributed by atoms with Crippen LogP contribution in [0, 0.1) is 11.8 Å². The maximum absolute atomic E-state index is 14.7. The maximum atomic E-state index is 14.7. The molecule has 11 nitrogen and oxygen atoms in total. The third-order valence-corrected chi connectivity index (χ3v) is 11.2. The van der Waals surface area contributed by atoms with Crippen molar-refractivity contribution in [3.63, 3.8) is 0 Å². The first kappa shape index (κ1) is 34.3. The van der Waals surface area contributed by atoms with Crippen molar-refractivity contribution >= 4 is 16.1 Å². The Kier molecular flexibility index (Phi) is 11.3. The van der Waals surface area contributed by atoms with Crippen molar-refractivity contribution in [1.82, 2.24) is 9.79 Å². The van der Waals surface area contributed by atoms with Gasteiger partial charge in [-0.1, -0.05) is 84.4 Å². The Hall–Kier alpha value is -3.52. The van der Waals surface area contributed by atoms with E-state index in [-0.39, 0.29) is 23.8 Å². The van der Waals surface area contributed by atoms with E-state index in [1.54, 1.807) is 12.1 Å². The molecule has 1 saturated carbocycles. The van der Waals surface area contributed by atoms with Gasteiger partial charge in [-0.25, -0.2) is 13.2 Å². The number of nitrogens with one attached hydrogen (secondary N) is 1. The number of rotatable bonds is 14. The lowest BCUT2D eigenvalue weighted by molar-refractivity contribution is -0.197. The van der Waals surface area contributed by atoms with Gasteiger partial charge in [-0.3, -0.25) is 4.84 Å². The third kappa shape index (κ3) is 8.19. The number of hydroxylamine groups is 1. The summed E-state index contributed by atoms with van der Waals surface area (Å²) in [5, 5.41) is 24.6. The van der Waals surface area contributed by atoms with Gasteiger partial charge in [0, 0.05) is 11.8 Å². The molecule has 0 radical (unpaired) electrons. The molecule has 3 aromatic rings. The average molecular weight is 681 g/mol. The molecule has 0 aromatic heterocycles. The smallest absolute Gasteiger partial charge is 0.404 e. The molecule has 3 aliphatic rings. The predicted octanol–water partition coefficient (Wildman–Crippen LogP) is 5.14. The maximum Gasteiger partial charge on any atom is 0.404 e. The van der Waals surface area contributed by atoms with Crippen LogP contribution in [0.25, 0.3) is 0 Å². The highest BCUT2D eigenvalue weighted by Crippen LogP contribution is 2.42. The Bertz CT molecular complexity index is 1570. The quantitative estimate of drug-likeness (QED) is 0.197. The van der Waals surface area contributed by atoms with Crippen LogP contribution in [0.1, 0.15) is 49.7 Å². The van der Waals surface area contributed by atoms with E-state index in [2.05, 4.69) is 5.32 Å². The lowest BCUT2D eigenvalue weighted by Gasteiger charge is -2.42. The van der Waals surface area contributed by atoms with E-state index in [4.69, 9.17) is 19.0 Å². The first-order chi connectivity index (χ1) is 23.3. The number of hydrogen-bond acceptors (Lipinski definition) is 8. The van der Waals surface area contributed by atoms with Crippen LogP contribution in [0.15, 0.2) is 89.8 Å². The fourth-order valence-corrected chi connectivity index (χ4v) is 8.59. The van der Waals surface area contributed by atoms with Crippen LogP contribution in [-0.4, -0.2) is 73.0 Å². The highest BCUT2D eigenvalue weighted by Gasteiger charge is 2.53. The zero-order valence-corrected chi connectivity index (χ0v) is 27.6. The van der Waals surface area contributed by atoms with Crippen LogP contribution in [0.3, 0.4) is 0 Å². The molecule has 3 fully saturated rings. The molecule has 0 bridgehead atoms. The molecule has 0 spiro atoms. The van der Waals surface area contributed by atoms with Gasteiger partial charge in [0.05, 0.1) is 42.4 Å². The van der Waals surface area contributed by atoms with Gasteiger partial charge in [-0.2, -0.15) is 0 Å². The normalized spacial score (nSPS) is 23.3. The second-order valence-corrected chi connectivity index (χ2v) is 14.6. The average Bonchev–Trinajstić information content (AvgIpc) is 3.73. The molecular weight excluding hydrogens is 636 g/mol. The van der Waals surface area contributed by atoms with Crippen LogP contribution >= 0.6 is 0 Å². The lowest BCUT2D eigenvalue weighted by atomic mass is 9.82. The van der Waals surface area contributed by atoms with Gasteiger partial charge >= 0.3 is 6.09 Å². The van der Waals surface area contributed by atoms with Crippen LogP contribution in [0.2, 0.25) is 0 Å². The van der Waals surface area contributed by atoms with E-state index in [0.29, 0.717) is 38.2 Å². The molecule has 48 heavy (non-hydrogen) atoms. The summed E-state index contributed by atoms with van der Waals surface area (Å²) in [6.45, 7) is 0.883. The second-order valence-electron chi connectivity index (χ2n) is 12.8. The Morgan fingerprint density at radius 1 is 0.896 bits per heavy atom. The summed E-state index contributed by atoms with van der Waals surface area (Å²) in [5.41, 5.74) is 1.76. The van der Waals surface area contributed by atoms with Crippen molar-refractivity contribution in [3.8, 4) is 5.75 Å². The van der Waals surface area contributed by atoms with Gasteiger partial charge in [0.2, 0.25) is 0 Å². The van der Waals surface area contributed by atoms with Crippen LogP contribution < -0.4 is 10.1 Å². The molecule has 3 aromatic carbocycles. The van der Waals surface area contributed by atoms with E-state index in [1.165, 1.54) is 12.1 Å². The van der Waals surface area contributed by atoms with Crippen molar-refractivity contribution in [2.45, 2.75) is 87.0 Å². The van der Waals surface area contributed by atoms with Gasteiger partial charge in [-0.05, 0) is 61.1 Å². The first-order valence-corrected chi connectivity index (χ1v) is 18.2. The fraction of sp³-hybridized carbons (Fsp3) is 0.472. The molecule has 6 rings (SSSR count). The highest BCUT2D eigenvalue weighted by molar-refractivity contribution is 7.89. The largest absolute Gasteiger partial charge is 0.489 e. The molecule has 2 heterocycles. The lowest BCUT2D eigenvalue weighted by Crippen LogP contribution is -2.60. The summed E-state index contributed by atoms with van der Waals surface area (Å²) in [5.74, 6) is -0.251. The minimum Gasteiger partial charge on any atom is -0.489 e. The first-order valence-electron chi connectivity index (χ1n) is 16.7. The standard InChI is InChI=1S/C36H44N2O9S/c39-34(32(37-36(40)41)22-25-10-4-1-5-11-25)33(31-24-46-35-30(31)20-21-44-35)38(47-28-14-8-3-9-15-28)48(42,43)29-18-16-27(17-19-29)45-23-26-12-6-2-7-13-26/h1-2,4-7,10-13,16-19,28,30-35,37,39H,3,8-9,14-15,20-24H2,(H,40,41)/t30-,31+,32-,33?,34+,35+/m0/s1. The molecule has 1 unspecified atom stereocenters. The number of ether oxygens (including phenoxy) is 3. The number of carbonyl (C=O) groups is 1. The van der Waals surface area contributed by atoms with Crippen LogP contribution in [0.4, 0.5) is 4.79 Å². The van der Waals surface area contributed by atoms with Crippen LogP contribution in [-0.2, 0) is 37.4 Å². The SMILES string of the molecule is O=C(O)N[C@@H](Cc1ccccc1)[C@@H](O)C([C@@H]1CO[C@H]2OCC[C@H]21)N(OC1CCCCC1)S(=O)(=O)c1ccc(OCc2ccccc2)cc1. The number of hydrogen-bond donors (Lipinski definition) is 3. The van der Waals surface area contributed by atoms with E-state index < -0.39 is 52.6 Å². The highest BCUT2D eigenvalue weighted by atomic mass is 32.2. The molecule has 2 saturated heterocycles. The van der Waals surface area contributed by atoms with Gasteiger partial charge < -0.3 is 29.7 Å². The Balaban J connectivity index is 1.36. The Morgan fingerprint density at radius 2 is 1.56 bits per heavy atom. The summed E-state index contributed by atoms with van der Waals surface area (Å²) in [7, 11) is -4.41. The van der Waals surface area contributed by atoms with E-state index in [0.717, 1.165) is 34.9 Å². The molecule has 6 atom stereocenters. The van der Waals surface area contributed by atoms with Gasteiger partial charge in [-0.15, -0.1) is 0 Å². The minimum atomic E-state index is -4.41. The van der Waals surface area contributed by atoms with E-state index in [9.17, 15) is 23.4 Å². The number of carboxylic acid groups (broad SMARTS) is 1. The molecule has 12 heteroatoms. The molecule has 1 amide bonds. The number of nitrogens with zero attached hydrogens (tertiary/aromatic N) is 1. The van der Waals surface area contributed by atoms with E-state index >= 15 is 0 Å². The van der Waals surface area contributed by atoms with Crippen molar-refractivity contribution in [3.05, 3.63) is 96.1 Å². The summed E-state index contributed by atoms with van der Waals surface area (Å²) in [6.07, 6.45) is 1.13. The molecular formula is C36H44N2O9S. The van der Waals surface area contributed by atoms with Gasteiger partial charge in [0.25, 0.3) is 10.0 Å². The fourth-order valence-electron chi connectivity index (χ4n) is 7.06. The summed E-state index contributed by atoms with van der Waals surface area (Å²) in [4.78, 5) is 18.5. The van der Waals surface area contributed by atoms with Crippen molar-refractivity contribution in [1.29, 1.82) is 0 Å². The van der Waals surface area contributed by atoms with Crippen LogP contribution in [0.5, 0.6) is 5.75 Å². The van der Waals surface area contributed by atoms with Crippen molar-refractivity contribution in [2.75, 3.05) is 13.2 Å². The number of aliphatic hydroxyl groups excluding tert-OH is 1. The number of amides is 1. The monoisotopic (exact) mass is 680 g/mol. The predicted molar refractivity (Wildman–Crippen MR) is 176 cm³/mol. The van der Waals surface area contributed by atoms with E-state index in [1.807, 2.05) is 60.7 Å². The van der Waals surface area contributed by atoms with Gasteiger partial charge in [0.1, 0.15) is 12.4 Å². The summed E-state index contributed by atoms with van der Waals surface area (Å²) < 4.78 is 48.1. The molecule has 3 N–H and O–H groups in total. The second kappa shape index (κ2) is 15.8. The molecule has 2 aliphatic heterocycles.